The van der Waals surface area contributed by atoms with E-state index in [0.717, 1.165) is 58.4 Å². The number of carbonyl (C=O) groups is 1. The van der Waals surface area contributed by atoms with E-state index in [1.165, 1.54) is 0 Å². The van der Waals surface area contributed by atoms with E-state index < -0.39 is 0 Å². The monoisotopic (exact) mass is 389 g/mol. The molecule has 7 nitrogen and oxygen atoms in total. The van der Waals surface area contributed by atoms with Crippen molar-refractivity contribution in [2.45, 2.75) is 44.2 Å². The van der Waals surface area contributed by atoms with E-state index in [0.29, 0.717) is 30.7 Å². The van der Waals surface area contributed by atoms with E-state index in [1.54, 1.807) is 25.3 Å². The van der Waals surface area contributed by atoms with Crippen LogP contribution in [0.2, 0.25) is 0 Å². The summed E-state index contributed by atoms with van der Waals surface area (Å²) in [6.07, 6.45) is 4.52. The summed E-state index contributed by atoms with van der Waals surface area (Å²) in [5.41, 5.74) is 0.539. The fourth-order valence-electron chi connectivity index (χ4n) is 5.08. The third-order valence-electron chi connectivity index (χ3n) is 6.62. The molecule has 4 rings (SSSR count). The molecule has 1 N–H and O–H groups in total. The van der Waals surface area contributed by atoms with Crippen LogP contribution in [0.3, 0.4) is 0 Å². The zero-order chi connectivity index (χ0) is 19.6. The molecule has 3 saturated heterocycles. The number of carbonyl (C=O) groups excluding carboxylic acids is 1. The van der Waals surface area contributed by atoms with Crippen molar-refractivity contribution in [3.8, 4) is 5.88 Å². The smallest absolute Gasteiger partial charge is 0.272 e. The molecular weight excluding hydrogens is 358 g/mol. The summed E-state index contributed by atoms with van der Waals surface area (Å²) in [6.45, 7) is 4.86. The minimum atomic E-state index is -0.279. The number of β-amino-alcohol motifs (C(OH)–C–C–N with tert-alkyl or cyclic N) is 1. The van der Waals surface area contributed by atoms with Crippen LogP contribution in [0, 0.1) is 5.41 Å². The van der Waals surface area contributed by atoms with Gasteiger partial charge in [-0.1, -0.05) is 6.07 Å². The molecule has 1 amide bonds. The number of likely N-dealkylation sites (tertiary alicyclic amines) is 2. The van der Waals surface area contributed by atoms with Gasteiger partial charge in [0.25, 0.3) is 5.91 Å². The molecule has 1 spiro atoms. The summed E-state index contributed by atoms with van der Waals surface area (Å²) in [6, 6.07) is 5.80. The van der Waals surface area contributed by atoms with Gasteiger partial charge in [0.2, 0.25) is 5.88 Å². The van der Waals surface area contributed by atoms with Gasteiger partial charge >= 0.3 is 0 Å². The van der Waals surface area contributed by atoms with Gasteiger partial charge < -0.3 is 19.5 Å². The minimum Gasteiger partial charge on any atom is -0.481 e. The predicted octanol–water partition coefficient (Wildman–Crippen LogP) is 1.56. The number of methoxy groups -OCH3 is 1. The summed E-state index contributed by atoms with van der Waals surface area (Å²) in [7, 11) is 1.56. The van der Waals surface area contributed by atoms with Crippen molar-refractivity contribution in [2.24, 2.45) is 5.41 Å². The van der Waals surface area contributed by atoms with Crippen LogP contribution in [0.5, 0.6) is 5.88 Å². The van der Waals surface area contributed by atoms with E-state index in [1.807, 2.05) is 4.90 Å². The highest BCUT2D eigenvalue weighted by Crippen LogP contribution is 2.41. The molecule has 28 heavy (non-hydrogen) atoms. The van der Waals surface area contributed by atoms with E-state index in [4.69, 9.17) is 9.47 Å². The number of aromatic nitrogens is 1. The van der Waals surface area contributed by atoms with Crippen LogP contribution < -0.4 is 4.74 Å². The van der Waals surface area contributed by atoms with Gasteiger partial charge in [-0.15, -0.1) is 0 Å². The summed E-state index contributed by atoms with van der Waals surface area (Å²) >= 11 is 0. The second-order valence-electron chi connectivity index (χ2n) is 8.49. The quantitative estimate of drug-likeness (QED) is 0.846. The summed E-state index contributed by atoms with van der Waals surface area (Å²) < 4.78 is 10.6. The van der Waals surface area contributed by atoms with Gasteiger partial charge in [0.1, 0.15) is 5.69 Å². The van der Waals surface area contributed by atoms with Gasteiger partial charge in [-0.05, 0) is 43.6 Å². The minimum absolute atomic E-state index is 0.0357. The number of rotatable bonds is 3. The molecule has 7 heteroatoms. The second-order valence-corrected chi connectivity index (χ2v) is 8.49. The van der Waals surface area contributed by atoms with Crippen molar-refractivity contribution in [2.75, 3.05) is 46.5 Å². The molecular formula is C21H31N3O4. The zero-order valence-electron chi connectivity index (χ0n) is 16.7. The first kappa shape index (κ1) is 19.6. The van der Waals surface area contributed by atoms with Crippen molar-refractivity contribution in [1.29, 1.82) is 0 Å². The largest absolute Gasteiger partial charge is 0.481 e. The Bertz CT molecular complexity index is 684. The van der Waals surface area contributed by atoms with Crippen LogP contribution in [-0.4, -0.2) is 84.4 Å². The fourth-order valence-corrected chi connectivity index (χ4v) is 5.08. The maximum absolute atomic E-state index is 12.8. The topological polar surface area (TPSA) is 75.1 Å². The van der Waals surface area contributed by atoms with Crippen molar-refractivity contribution >= 4 is 5.91 Å². The predicted molar refractivity (Wildman–Crippen MR) is 104 cm³/mol. The molecule has 0 saturated carbocycles. The molecule has 3 aliphatic rings. The molecule has 1 aromatic rings. The van der Waals surface area contributed by atoms with Crippen LogP contribution >= 0.6 is 0 Å². The average molecular weight is 389 g/mol. The van der Waals surface area contributed by atoms with Crippen LogP contribution in [0.4, 0.5) is 0 Å². The van der Waals surface area contributed by atoms with Crippen LogP contribution in [0.15, 0.2) is 18.2 Å². The Hall–Kier alpha value is -1.70. The molecule has 0 aromatic carbocycles. The Morgan fingerprint density at radius 3 is 2.75 bits per heavy atom. The first-order valence-electron chi connectivity index (χ1n) is 10.4. The number of hydrogen-bond acceptors (Lipinski definition) is 6. The fraction of sp³-hybridized carbons (Fsp3) is 0.714. The molecule has 0 radical (unpaired) electrons. The van der Waals surface area contributed by atoms with Crippen LogP contribution in [0.1, 0.15) is 42.6 Å². The lowest BCUT2D eigenvalue weighted by Gasteiger charge is -2.51. The normalized spacial score (nSPS) is 26.4. The lowest BCUT2D eigenvalue weighted by atomic mass is 9.71. The number of nitrogens with zero attached hydrogens (tertiary/aromatic N) is 3. The van der Waals surface area contributed by atoms with Gasteiger partial charge in [0, 0.05) is 51.5 Å². The number of hydrogen-bond donors (Lipinski definition) is 1. The molecule has 1 aromatic heterocycles. The Kier molecular flexibility index (Phi) is 5.85. The van der Waals surface area contributed by atoms with Crippen molar-refractivity contribution in [1.82, 2.24) is 14.8 Å². The van der Waals surface area contributed by atoms with E-state index in [2.05, 4.69) is 9.88 Å². The maximum Gasteiger partial charge on any atom is 0.272 e. The number of aliphatic hydroxyl groups excluding tert-OH is 1. The Balaban J connectivity index is 1.39. The second kappa shape index (κ2) is 8.35. The number of piperidine rings is 2. The van der Waals surface area contributed by atoms with Gasteiger partial charge in [-0.25, -0.2) is 4.98 Å². The summed E-state index contributed by atoms with van der Waals surface area (Å²) in [5, 5.41) is 10.6. The van der Waals surface area contributed by atoms with Gasteiger partial charge in [-0.3, -0.25) is 9.69 Å². The van der Waals surface area contributed by atoms with Crippen molar-refractivity contribution in [3.05, 3.63) is 23.9 Å². The lowest BCUT2D eigenvalue weighted by molar-refractivity contribution is -0.0695. The SMILES string of the molecule is COc1cccc(C(=O)N2CCC3(CC2)CC(O)CN(C2CCOCC2)C3)n1. The molecule has 1 unspecified atom stereocenters. The Morgan fingerprint density at radius 2 is 2.04 bits per heavy atom. The highest BCUT2D eigenvalue weighted by atomic mass is 16.5. The first-order valence-corrected chi connectivity index (χ1v) is 10.4. The van der Waals surface area contributed by atoms with Gasteiger partial charge in [0.15, 0.2) is 0 Å². The van der Waals surface area contributed by atoms with Crippen LogP contribution in [-0.2, 0) is 4.74 Å². The maximum atomic E-state index is 12.8. The molecule has 1 atom stereocenters. The summed E-state index contributed by atoms with van der Waals surface area (Å²) in [4.78, 5) is 21.5. The highest BCUT2D eigenvalue weighted by molar-refractivity contribution is 5.92. The van der Waals surface area contributed by atoms with E-state index in [9.17, 15) is 9.90 Å². The van der Waals surface area contributed by atoms with Crippen LogP contribution in [0.25, 0.3) is 0 Å². The first-order chi connectivity index (χ1) is 13.6. The van der Waals surface area contributed by atoms with Gasteiger partial charge in [-0.2, -0.15) is 0 Å². The number of aliphatic hydroxyl groups is 1. The third kappa shape index (κ3) is 4.16. The number of pyridine rings is 1. The highest BCUT2D eigenvalue weighted by Gasteiger charge is 2.44. The van der Waals surface area contributed by atoms with E-state index >= 15 is 0 Å². The zero-order valence-corrected chi connectivity index (χ0v) is 16.7. The lowest BCUT2D eigenvalue weighted by Crippen LogP contribution is -2.57. The Labute approximate surface area is 166 Å². The van der Waals surface area contributed by atoms with Crippen molar-refractivity contribution < 1.29 is 19.4 Å². The molecule has 3 fully saturated rings. The number of amides is 1. The van der Waals surface area contributed by atoms with Gasteiger partial charge in [0.05, 0.1) is 13.2 Å². The molecule has 4 heterocycles. The van der Waals surface area contributed by atoms with E-state index in [-0.39, 0.29) is 17.4 Å². The third-order valence-corrected chi connectivity index (χ3v) is 6.62. The molecule has 0 aliphatic carbocycles. The average Bonchev–Trinajstić information content (AvgIpc) is 2.74. The molecule has 3 aliphatic heterocycles. The summed E-state index contributed by atoms with van der Waals surface area (Å²) in [5.74, 6) is 0.424. The standard InChI is InChI=1S/C21H31N3O4/c1-27-19-4-2-3-18(22-19)20(26)23-9-7-21(8-10-23)13-17(25)14-24(15-21)16-5-11-28-12-6-16/h2-4,16-17,25H,5-15H2,1H3. The number of ether oxygens (including phenoxy) is 2. The van der Waals surface area contributed by atoms with Crippen molar-refractivity contribution in [3.63, 3.8) is 0 Å². The molecule has 0 bridgehead atoms. The Morgan fingerprint density at radius 1 is 1.29 bits per heavy atom. The molecule has 154 valence electrons.